The Kier molecular flexibility index (Phi) is 4.23. The largest absolute Gasteiger partial charge is 0.472 e. The number of para-hydroxylation sites is 1. The number of sulfonamides is 1. The number of alkyl halides is 3. The van der Waals surface area contributed by atoms with E-state index in [2.05, 4.69) is 0 Å². The quantitative estimate of drug-likeness (QED) is 0.870. The van der Waals surface area contributed by atoms with E-state index in [-0.39, 0.29) is 9.99 Å². The maximum atomic E-state index is 12.8. The van der Waals surface area contributed by atoms with Gasteiger partial charge in [0.25, 0.3) is 10.0 Å². The highest BCUT2D eigenvalue weighted by Crippen LogP contribution is 2.29. The average molecular weight is 329 g/mol. The van der Waals surface area contributed by atoms with E-state index in [1.54, 1.807) is 0 Å². The van der Waals surface area contributed by atoms with Crippen molar-refractivity contribution in [3.05, 3.63) is 60.7 Å². The van der Waals surface area contributed by atoms with Gasteiger partial charge in [-0.1, -0.05) is 36.4 Å². The van der Waals surface area contributed by atoms with E-state index in [9.17, 15) is 26.4 Å². The van der Waals surface area contributed by atoms with Gasteiger partial charge in [0, 0.05) is 0 Å². The minimum absolute atomic E-state index is 0.234. The van der Waals surface area contributed by atoms with Crippen molar-refractivity contribution >= 4 is 21.6 Å². The number of carbonyl (C=O) groups excluding carboxylic acids is 1. The SMILES string of the molecule is O=C(N(c1ccccc1)S(=O)(=O)c1ccccc1)C(F)(F)F. The molecule has 0 aliphatic rings. The molecule has 0 unspecified atom stereocenters. The minimum atomic E-state index is -5.32. The van der Waals surface area contributed by atoms with Crippen LogP contribution in [0.2, 0.25) is 0 Å². The highest BCUT2D eigenvalue weighted by atomic mass is 32.2. The number of rotatable bonds is 3. The normalized spacial score (nSPS) is 12.0. The van der Waals surface area contributed by atoms with Crippen molar-refractivity contribution in [1.29, 1.82) is 0 Å². The number of anilines is 1. The predicted molar refractivity (Wildman–Crippen MR) is 73.6 cm³/mol. The van der Waals surface area contributed by atoms with Crippen LogP contribution in [0.3, 0.4) is 0 Å². The van der Waals surface area contributed by atoms with Crippen molar-refractivity contribution in [3.8, 4) is 0 Å². The van der Waals surface area contributed by atoms with Crippen LogP contribution >= 0.6 is 0 Å². The Balaban J connectivity index is 2.62. The van der Waals surface area contributed by atoms with Gasteiger partial charge < -0.3 is 0 Å². The fraction of sp³-hybridized carbons (Fsp3) is 0.0714. The zero-order chi connectivity index (χ0) is 16.4. The van der Waals surface area contributed by atoms with Gasteiger partial charge in [-0.2, -0.15) is 17.5 Å². The highest BCUT2D eigenvalue weighted by molar-refractivity contribution is 7.93. The number of nitrogens with zero attached hydrogens (tertiary/aromatic N) is 1. The molecule has 8 heteroatoms. The fourth-order valence-electron chi connectivity index (χ4n) is 1.74. The van der Waals surface area contributed by atoms with Crippen LogP contribution in [0.1, 0.15) is 0 Å². The lowest BCUT2D eigenvalue weighted by Crippen LogP contribution is -2.45. The molecule has 0 saturated carbocycles. The number of amides is 1. The molecule has 22 heavy (non-hydrogen) atoms. The highest BCUT2D eigenvalue weighted by Gasteiger charge is 2.47. The molecular formula is C14H10F3NO3S. The first-order chi connectivity index (χ1) is 10.2. The first kappa shape index (κ1) is 16.0. The zero-order valence-corrected chi connectivity index (χ0v) is 11.8. The number of benzene rings is 2. The van der Waals surface area contributed by atoms with Crippen molar-refractivity contribution < 1.29 is 26.4 Å². The summed E-state index contributed by atoms with van der Waals surface area (Å²) in [5.41, 5.74) is -0.381. The molecule has 0 atom stereocenters. The van der Waals surface area contributed by atoms with Gasteiger partial charge in [0.15, 0.2) is 0 Å². The van der Waals surface area contributed by atoms with Crippen molar-refractivity contribution in [2.24, 2.45) is 0 Å². The molecule has 0 aliphatic heterocycles. The van der Waals surface area contributed by atoms with E-state index in [4.69, 9.17) is 0 Å². The van der Waals surface area contributed by atoms with E-state index in [1.165, 1.54) is 36.4 Å². The Morgan fingerprint density at radius 1 is 0.864 bits per heavy atom. The van der Waals surface area contributed by atoms with E-state index < -0.39 is 27.0 Å². The van der Waals surface area contributed by atoms with Crippen LogP contribution in [-0.2, 0) is 14.8 Å². The lowest BCUT2D eigenvalue weighted by molar-refractivity contribution is -0.169. The minimum Gasteiger partial charge on any atom is -0.263 e. The molecule has 2 aromatic rings. The molecule has 0 fully saturated rings. The molecule has 0 saturated heterocycles. The van der Waals surface area contributed by atoms with E-state index in [1.807, 2.05) is 0 Å². The second kappa shape index (κ2) is 5.80. The van der Waals surface area contributed by atoms with Gasteiger partial charge in [0.1, 0.15) is 0 Å². The summed E-state index contributed by atoms with van der Waals surface area (Å²) in [5.74, 6) is -2.47. The standard InChI is InChI=1S/C14H10F3NO3S/c15-14(16,17)13(19)18(11-7-3-1-4-8-11)22(20,21)12-9-5-2-6-10-12/h1-10H. The van der Waals surface area contributed by atoms with Crippen molar-refractivity contribution in [2.75, 3.05) is 4.31 Å². The zero-order valence-electron chi connectivity index (χ0n) is 11.0. The Labute approximate surface area is 124 Å². The van der Waals surface area contributed by atoms with Gasteiger partial charge in [-0.25, -0.2) is 8.42 Å². The molecule has 4 nitrogen and oxygen atoms in total. The Bertz CT molecular complexity index is 759. The van der Waals surface area contributed by atoms with Crippen LogP contribution in [0.4, 0.5) is 18.9 Å². The van der Waals surface area contributed by atoms with Crippen LogP contribution < -0.4 is 4.31 Å². The van der Waals surface area contributed by atoms with E-state index in [0.29, 0.717) is 0 Å². The molecule has 116 valence electrons. The summed E-state index contributed by atoms with van der Waals surface area (Å²) in [6.07, 6.45) is -5.32. The maximum absolute atomic E-state index is 12.8. The second-order valence-corrected chi connectivity index (χ2v) is 6.01. The molecule has 1 amide bonds. The monoisotopic (exact) mass is 329 g/mol. The van der Waals surface area contributed by atoms with Gasteiger partial charge in [-0.15, -0.1) is 0 Å². The topological polar surface area (TPSA) is 54.5 Å². The van der Waals surface area contributed by atoms with Crippen molar-refractivity contribution in [1.82, 2.24) is 0 Å². The first-order valence-corrected chi connectivity index (χ1v) is 7.45. The number of hydrogen-bond acceptors (Lipinski definition) is 3. The molecular weight excluding hydrogens is 319 g/mol. The van der Waals surface area contributed by atoms with Crippen molar-refractivity contribution in [3.63, 3.8) is 0 Å². The summed E-state index contributed by atoms with van der Waals surface area (Å²) in [4.78, 5) is 11.2. The fourth-order valence-corrected chi connectivity index (χ4v) is 3.17. The number of hydrogen-bond donors (Lipinski definition) is 0. The molecule has 0 radical (unpaired) electrons. The second-order valence-electron chi connectivity index (χ2n) is 4.22. The summed E-state index contributed by atoms with van der Waals surface area (Å²) in [7, 11) is -4.67. The summed E-state index contributed by atoms with van der Waals surface area (Å²) >= 11 is 0. The number of halogens is 3. The molecule has 2 aromatic carbocycles. The van der Waals surface area contributed by atoms with Crippen LogP contribution in [0.15, 0.2) is 65.6 Å². The average Bonchev–Trinajstić information content (AvgIpc) is 2.48. The third-order valence-electron chi connectivity index (χ3n) is 2.70. The van der Waals surface area contributed by atoms with Crippen LogP contribution in [0.5, 0.6) is 0 Å². The van der Waals surface area contributed by atoms with Crippen molar-refractivity contribution in [2.45, 2.75) is 11.1 Å². The third-order valence-corrected chi connectivity index (χ3v) is 4.42. The number of carbonyl (C=O) groups is 1. The lowest BCUT2D eigenvalue weighted by atomic mass is 10.3. The lowest BCUT2D eigenvalue weighted by Gasteiger charge is -2.23. The summed E-state index contributed by atoms with van der Waals surface area (Å²) in [6.45, 7) is 0. The maximum Gasteiger partial charge on any atom is 0.472 e. The van der Waals surface area contributed by atoms with E-state index >= 15 is 0 Å². The van der Waals surface area contributed by atoms with Gasteiger partial charge in [-0.3, -0.25) is 4.79 Å². The Morgan fingerprint density at radius 2 is 1.32 bits per heavy atom. The summed E-state index contributed by atoms with van der Waals surface area (Å²) in [6, 6.07) is 12.9. The van der Waals surface area contributed by atoms with Crippen LogP contribution in [0, 0.1) is 0 Å². The molecule has 0 aliphatic carbocycles. The summed E-state index contributed by atoms with van der Waals surface area (Å²) < 4.78 is 62.9. The molecule has 2 rings (SSSR count). The van der Waals surface area contributed by atoms with Crippen LogP contribution in [-0.4, -0.2) is 20.5 Å². The van der Waals surface area contributed by atoms with Gasteiger partial charge >= 0.3 is 12.1 Å². The molecule has 0 N–H and O–H groups in total. The smallest absolute Gasteiger partial charge is 0.263 e. The van der Waals surface area contributed by atoms with Crippen LogP contribution in [0.25, 0.3) is 0 Å². The molecule has 0 bridgehead atoms. The Hall–Kier alpha value is -2.35. The first-order valence-electron chi connectivity index (χ1n) is 6.01. The van der Waals surface area contributed by atoms with Gasteiger partial charge in [-0.05, 0) is 24.3 Å². The van der Waals surface area contributed by atoms with E-state index in [0.717, 1.165) is 24.3 Å². The predicted octanol–water partition coefficient (Wildman–Crippen LogP) is 2.97. The van der Waals surface area contributed by atoms with Gasteiger partial charge in [0.05, 0.1) is 10.6 Å². The summed E-state index contributed by atoms with van der Waals surface area (Å²) in [5, 5.41) is 0. The molecule has 0 heterocycles. The molecule has 0 aromatic heterocycles. The van der Waals surface area contributed by atoms with Gasteiger partial charge in [0.2, 0.25) is 0 Å². The Morgan fingerprint density at radius 3 is 1.77 bits per heavy atom. The molecule has 0 spiro atoms. The third kappa shape index (κ3) is 3.11.